The van der Waals surface area contributed by atoms with Crippen molar-refractivity contribution in [2.45, 2.75) is 18.7 Å². The summed E-state index contributed by atoms with van der Waals surface area (Å²) in [4.78, 5) is 11.0. The molecular formula is C9H10N4O4S2. The number of rotatable bonds is 4. The zero-order valence-corrected chi connectivity index (χ0v) is 11.6. The lowest BCUT2D eigenvalue weighted by Gasteiger charge is -2.05. The van der Waals surface area contributed by atoms with Crippen molar-refractivity contribution in [2.24, 2.45) is 0 Å². The molecule has 2 aromatic rings. The summed E-state index contributed by atoms with van der Waals surface area (Å²) in [6, 6.07) is 0. The summed E-state index contributed by atoms with van der Waals surface area (Å²) in [5.74, 6) is -1.23. The van der Waals surface area contributed by atoms with E-state index in [1.807, 2.05) is 0 Å². The van der Waals surface area contributed by atoms with E-state index in [2.05, 4.69) is 19.3 Å². The van der Waals surface area contributed by atoms with Crippen LogP contribution in [0.15, 0.2) is 11.1 Å². The van der Waals surface area contributed by atoms with Crippen LogP contribution in [0.3, 0.4) is 0 Å². The Kier molecular flexibility index (Phi) is 3.28. The maximum absolute atomic E-state index is 12.1. The van der Waals surface area contributed by atoms with Crippen molar-refractivity contribution in [3.8, 4) is 0 Å². The molecule has 2 aromatic heterocycles. The number of carboxylic acids is 1. The molecule has 8 nitrogen and oxygen atoms in total. The van der Waals surface area contributed by atoms with Gasteiger partial charge in [0.05, 0.1) is 17.6 Å². The summed E-state index contributed by atoms with van der Waals surface area (Å²) in [5.41, 5.74) is 0.486. The van der Waals surface area contributed by atoms with Crippen molar-refractivity contribution in [1.82, 2.24) is 14.6 Å². The lowest BCUT2D eigenvalue weighted by Crippen LogP contribution is -2.14. The Labute approximate surface area is 112 Å². The number of sulfonamides is 1. The Morgan fingerprint density at radius 3 is 2.68 bits per heavy atom. The topological polar surface area (TPSA) is 125 Å². The van der Waals surface area contributed by atoms with Gasteiger partial charge in [-0.05, 0) is 25.4 Å². The summed E-state index contributed by atoms with van der Waals surface area (Å²) >= 11 is 0.783. The number of carbonyl (C=O) groups is 1. The van der Waals surface area contributed by atoms with Crippen LogP contribution in [0.2, 0.25) is 0 Å². The molecule has 0 fully saturated rings. The van der Waals surface area contributed by atoms with Gasteiger partial charge in [0.2, 0.25) is 0 Å². The predicted octanol–water partition coefficient (Wildman–Crippen LogP) is 0.982. The standard InChI is InChI=1S/C9H10N4O4S2/c1-4-6(3-10-11-4)19(16,17)13-8-7(9(14)15)5(2)12-18-8/h3,13H,1-2H3,(H,10,11)(H,14,15). The molecule has 2 heterocycles. The Balaban J connectivity index is 2.42. The van der Waals surface area contributed by atoms with Crippen LogP contribution in [0, 0.1) is 13.8 Å². The number of H-pyrrole nitrogens is 1. The highest BCUT2D eigenvalue weighted by Crippen LogP contribution is 2.27. The van der Waals surface area contributed by atoms with E-state index >= 15 is 0 Å². The zero-order valence-electron chi connectivity index (χ0n) is 9.96. The molecule has 0 radical (unpaired) electrons. The molecule has 0 aliphatic rings. The maximum Gasteiger partial charge on any atom is 0.340 e. The number of hydrogen-bond acceptors (Lipinski definition) is 6. The van der Waals surface area contributed by atoms with Crippen molar-refractivity contribution in [3.05, 3.63) is 23.1 Å². The van der Waals surface area contributed by atoms with Gasteiger partial charge in [-0.3, -0.25) is 9.82 Å². The molecule has 0 bridgehead atoms. The number of aromatic carboxylic acids is 1. The van der Waals surface area contributed by atoms with Gasteiger partial charge in [-0.2, -0.15) is 9.47 Å². The fourth-order valence-electron chi connectivity index (χ4n) is 1.48. The quantitative estimate of drug-likeness (QED) is 0.773. The average Bonchev–Trinajstić information content (AvgIpc) is 2.85. The minimum absolute atomic E-state index is 0.0226. The molecule has 0 amide bonds. The second-order valence-corrected chi connectivity index (χ2v) is 6.17. The normalized spacial score (nSPS) is 11.5. The first kappa shape index (κ1) is 13.5. The number of nitrogens with one attached hydrogen (secondary N) is 2. The summed E-state index contributed by atoms with van der Waals surface area (Å²) in [5, 5.41) is 15.1. The highest BCUT2D eigenvalue weighted by molar-refractivity contribution is 7.93. The van der Waals surface area contributed by atoms with Crippen LogP contribution in [-0.4, -0.2) is 34.1 Å². The first-order valence-corrected chi connectivity index (χ1v) is 7.31. The number of hydrogen-bond donors (Lipinski definition) is 3. The lowest BCUT2D eigenvalue weighted by atomic mass is 10.2. The zero-order chi connectivity index (χ0) is 14.2. The van der Waals surface area contributed by atoms with E-state index in [-0.39, 0.29) is 21.2 Å². The number of nitrogens with zero attached hydrogens (tertiary/aromatic N) is 2. The van der Waals surface area contributed by atoms with Gasteiger partial charge < -0.3 is 5.11 Å². The first-order valence-electron chi connectivity index (χ1n) is 5.05. The van der Waals surface area contributed by atoms with Crippen LogP contribution in [0.25, 0.3) is 0 Å². The fraction of sp³-hybridized carbons (Fsp3) is 0.222. The summed E-state index contributed by atoms with van der Waals surface area (Å²) in [6.45, 7) is 3.05. The molecule has 0 aromatic carbocycles. The second kappa shape index (κ2) is 4.63. The lowest BCUT2D eigenvalue weighted by molar-refractivity contribution is 0.0697. The van der Waals surface area contributed by atoms with Gasteiger partial charge in [-0.25, -0.2) is 13.2 Å². The smallest absolute Gasteiger partial charge is 0.340 e. The summed E-state index contributed by atoms with van der Waals surface area (Å²) < 4.78 is 30.2. The van der Waals surface area contributed by atoms with E-state index in [0.29, 0.717) is 5.69 Å². The third-order valence-corrected chi connectivity index (χ3v) is 4.82. The van der Waals surface area contributed by atoms with Gasteiger partial charge in [0.1, 0.15) is 15.5 Å². The van der Waals surface area contributed by atoms with Gasteiger partial charge in [0.15, 0.2) is 0 Å². The van der Waals surface area contributed by atoms with E-state index in [0.717, 1.165) is 17.7 Å². The van der Waals surface area contributed by atoms with E-state index in [9.17, 15) is 13.2 Å². The molecule has 2 rings (SSSR count). The molecule has 0 saturated heterocycles. The third kappa shape index (κ3) is 2.44. The Morgan fingerprint density at radius 1 is 1.47 bits per heavy atom. The van der Waals surface area contributed by atoms with Gasteiger partial charge in [0.25, 0.3) is 10.0 Å². The molecule has 0 saturated carbocycles. The second-order valence-electron chi connectivity index (χ2n) is 3.74. The monoisotopic (exact) mass is 302 g/mol. The highest BCUT2D eigenvalue weighted by Gasteiger charge is 2.24. The fourth-order valence-corrected chi connectivity index (χ4v) is 3.70. The minimum Gasteiger partial charge on any atom is -0.478 e. The van der Waals surface area contributed by atoms with E-state index in [4.69, 9.17) is 5.11 Å². The number of aryl methyl sites for hydroxylation is 2. The Morgan fingerprint density at radius 2 is 2.16 bits per heavy atom. The van der Waals surface area contributed by atoms with Gasteiger partial charge in [-0.1, -0.05) is 0 Å². The summed E-state index contributed by atoms with van der Waals surface area (Å²) in [7, 11) is -3.88. The Hall–Kier alpha value is -1.94. The highest BCUT2D eigenvalue weighted by atomic mass is 32.2. The van der Waals surface area contributed by atoms with Gasteiger partial charge >= 0.3 is 5.97 Å². The van der Waals surface area contributed by atoms with E-state index < -0.39 is 16.0 Å². The molecule has 0 aliphatic carbocycles. The number of aromatic nitrogens is 3. The van der Waals surface area contributed by atoms with Crippen molar-refractivity contribution >= 4 is 32.5 Å². The van der Waals surface area contributed by atoms with Crippen molar-refractivity contribution in [2.75, 3.05) is 4.72 Å². The number of anilines is 1. The third-order valence-electron chi connectivity index (χ3n) is 2.38. The van der Waals surface area contributed by atoms with Gasteiger partial charge in [-0.15, -0.1) is 0 Å². The van der Waals surface area contributed by atoms with Crippen molar-refractivity contribution in [1.29, 1.82) is 0 Å². The van der Waals surface area contributed by atoms with Gasteiger partial charge in [0, 0.05) is 0 Å². The van der Waals surface area contributed by atoms with Crippen LogP contribution < -0.4 is 4.72 Å². The largest absolute Gasteiger partial charge is 0.478 e. The summed E-state index contributed by atoms with van der Waals surface area (Å²) in [6.07, 6.45) is 1.16. The first-order chi connectivity index (χ1) is 8.83. The molecule has 19 heavy (non-hydrogen) atoms. The van der Waals surface area contributed by atoms with Crippen LogP contribution in [-0.2, 0) is 10.0 Å². The molecule has 0 unspecified atom stereocenters. The SMILES string of the molecule is Cc1nsc(NS(=O)(=O)c2cn[nH]c2C)c1C(=O)O. The molecular weight excluding hydrogens is 292 g/mol. The maximum atomic E-state index is 12.1. The molecule has 0 spiro atoms. The van der Waals surface area contributed by atoms with Crippen molar-refractivity contribution < 1.29 is 18.3 Å². The number of carboxylic acid groups (broad SMARTS) is 1. The van der Waals surface area contributed by atoms with Crippen LogP contribution in [0.1, 0.15) is 21.7 Å². The molecule has 102 valence electrons. The molecule has 10 heteroatoms. The van der Waals surface area contributed by atoms with Crippen LogP contribution >= 0.6 is 11.5 Å². The van der Waals surface area contributed by atoms with Crippen LogP contribution in [0.5, 0.6) is 0 Å². The predicted molar refractivity (Wildman–Crippen MR) is 67.9 cm³/mol. The Bertz CT molecular complexity index is 731. The number of aromatic amines is 1. The van der Waals surface area contributed by atoms with E-state index in [1.165, 1.54) is 6.92 Å². The molecule has 0 atom stereocenters. The van der Waals surface area contributed by atoms with Crippen molar-refractivity contribution in [3.63, 3.8) is 0 Å². The minimum atomic E-state index is -3.88. The van der Waals surface area contributed by atoms with Crippen LogP contribution in [0.4, 0.5) is 5.00 Å². The molecule has 0 aliphatic heterocycles. The molecule has 3 N–H and O–H groups in total. The van der Waals surface area contributed by atoms with E-state index in [1.54, 1.807) is 6.92 Å². The average molecular weight is 302 g/mol.